The molecule has 0 saturated carbocycles. The summed E-state index contributed by atoms with van der Waals surface area (Å²) in [5, 5.41) is 41.9. The van der Waals surface area contributed by atoms with Gasteiger partial charge >= 0.3 is 23.1 Å². The Bertz CT molecular complexity index is 2810. The van der Waals surface area contributed by atoms with Crippen molar-refractivity contribution in [1.29, 1.82) is 0 Å². The van der Waals surface area contributed by atoms with E-state index in [9.17, 15) is 47.2 Å². The van der Waals surface area contributed by atoms with Gasteiger partial charge in [-0.25, -0.2) is 19.0 Å². The number of quaternary nitrogens is 1. The summed E-state index contributed by atoms with van der Waals surface area (Å²) in [6, 6.07) is 24.9. The van der Waals surface area contributed by atoms with Crippen LogP contribution in [0.5, 0.6) is 0 Å². The third-order valence-corrected chi connectivity index (χ3v) is 8.86. The average Bonchev–Trinajstić information content (AvgIpc) is 3.64. The summed E-state index contributed by atoms with van der Waals surface area (Å²) in [7, 11) is -4.79. The van der Waals surface area contributed by atoms with Crippen LogP contribution in [0.3, 0.4) is 0 Å². The standard InChI is InChI=1S/C20H17N5O4.C17H14N4O6S.Cr/c1-3-17(26)21-13-8-10-14(11-9-13)25-19(27)18(12(2)24-25)23-22-16-7-5-4-6-15(16)20(28)29;1-10-14(16(22)21(20-10)11-6-3-2-4-7-11)18-19-15-12(17(23)24)8-5-9-13(15)28(25,26)27;/h3-11,24H,1H2,2H3,(H,21,26)(H,28,29);2-9,20H,1H3,(H,23,24)(H,25,26,27);/p+2. The van der Waals surface area contributed by atoms with Crippen molar-refractivity contribution in [2.75, 3.05) is 0 Å². The largest absolute Gasteiger partial charge is 0.545 e. The number of rotatable bonds is 11. The molecule has 0 atom stereocenters. The van der Waals surface area contributed by atoms with E-state index in [0.29, 0.717) is 22.8 Å². The first-order chi connectivity index (χ1) is 27.1. The van der Waals surface area contributed by atoms with Gasteiger partial charge in [-0.1, -0.05) is 54.2 Å². The van der Waals surface area contributed by atoms with E-state index in [1.165, 1.54) is 21.5 Å². The number of aromatic amines is 2. The fraction of sp³-hybridized carbons (Fsp3) is 0.0541. The molecule has 8 N–H and O–H groups in total. The number of aryl methyl sites for hydroxylation is 2. The molecule has 0 saturated heterocycles. The van der Waals surface area contributed by atoms with Crippen LogP contribution < -0.4 is 26.7 Å². The Kier molecular flexibility index (Phi) is 14.0. The van der Waals surface area contributed by atoms with E-state index in [1.54, 1.807) is 92.0 Å². The number of para-hydroxylation sites is 2. The number of carboxylic acid groups (broad SMARTS) is 2. The second-order valence-corrected chi connectivity index (χ2v) is 13.2. The van der Waals surface area contributed by atoms with Crippen molar-refractivity contribution in [3.05, 3.63) is 153 Å². The molecule has 0 radical (unpaired) electrons. The first-order valence-electron chi connectivity index (χ1n) is 16.5. The summed E-state index contributed by atoms with van der Waals surface area (Å²) in [4.78, 5) is 56.7. The monoisotopic (exact) mass is 847 g/mol. The molecule has 0 aliphatic carbocycles. The fourth-order valence-corrected chi connectivity index (χ4v) is 5.84. The molecular formula is C37H33CrN9O10S+2. The number of carbonyl (C=O) groups excluding carboxylic acids is 2. The number of aromatic carboxylic acids is 2. The summed E-state index contributed by atoms with van der Waals surface area (Å²) in [5.41, 5.74) is 0.840. The van der Waals surface area contributed by atoms with Gasteiger partial charge in [-0.2, -0.15) is 13.7 Å². The Morgan fingerprint density at radius 1 is 0.828 bits per heavy atom. The molecule has 4 aromatic carbocycles. The first-order valence-corrected chi connectivity index (χ1v) is 17.9. The summed E-state index contributed by atoms with van der Waals surface area (Å²) in [6.07, 6.45) is 1.33. The molecule has 0 aliphatic rings. The third-order valence-electron chi connectivity index (χ3n) is 7.97. The van der Waals surface area contributed by atoms with Crippen molar-refractivity contribution in [1.82, 2.24) is 19.6 Å². The van der Waals surface area contributed by atoms with Crippen LogP contribution in [0.2, 0.25) is 0 Å². The number of amides is 1. The van der Waals surface area contributed by atoms with Crippen molar-refractivity contribution in [3.63, 3.8) is 0 Å². The van der Waals surface area contributed by atoms with Gasteiger partial charge in [0.2, 0.25) is 0 Å². The number of carbonyl (C=O) groups is 2. The molecule has 0 unspecified atom stereocenters. The van der Waals surface area contributed by atoms with Crippen LogP contribution in [0.1, 0.15) is 32.1 Å². The third kappa shape index (κ3) is 9.98. The normalized spacial score (nSPS) is 11.2. The van der Waals surface area contributed by atoms with Gasteiger partial charge in [-0.15, -0.1) is 10.2 Å². The van der Waals surface area contributed by atoms with Crippen molar-refractivity contribution in [3.8, 4) is 11.4 Å². The zero-order chi connectivity index (χ0) is 41.4. The number of aromatic nitrogens is 4. The van der Waals surface area contributed by atoms with Crippen LogP contribution in [-0.2, 0) is 27.5 Å². The molecule has 6 rings (SSSR count). The van der Waals surface area contributed by atoms with E-state index in [1.807, 2.05) is 0 Å². The molecule has 2 aromatic heterocycles. The molecular weight excluding hydrogens is 815 g/mol. The summed E-state index contributed by atoms with van der Waals surface area (Å²) < 4.78 is 34.9. The second kappa shape index (κ2) is 18.7. The smallest absolute Gasteiger partial charge is 0.508 e. The Morgan fingerprint density at radius 3 is 2.02 bits per heavy atom. The quantitative estimate of drug-likeness (QED) is 0.0365. The molecule has 0 spiro atoms. The Labute approximate surface area is 338 Å². The van der Waals surface area contributed by atoms with Gasteiger partial charge in [0.15, 0.2) is 5.69 Å². The van der Waals surface area contributed by atoms with Gasteiger partial charge in [0, 0.05) is 35.1 Å². The number of benzene rings is 4. The van der Waals surface area contributed by atoms with Gasteiger partial charge in [0.05, 0.1) is 34.7 Å². The second-order valence-electron chi connectivity index (χ2n) is 11.8. The molecule has 6 aromatic rings. The van der Waals surface area contributed by atoms with Gasteiger partial charge < -0.3 is 15.0 Å². The average molecular weight is 848 g/mol. The molecule has 0 bridgehead atoms. The van der Waals surface area contributed by atoms with Gasteiger partial charge in [-0.3, -0.25) is 24.3 Å². The van der Waals surface area contributed by atoms with E-state index in [4.69, 9.17) is 0 Å². The van der Waals surface area contributed by atoms with Crippen LogP contribution in [0, 0.1) is 13.8 Å². The van der Waals surface area contributed by atoms with E-state index in [0.717, 1.165) is 23.9 Å². The van der Waals surface area contributed by atoms with Crippen LogP contribution >= 0.6 is 0 Å². The summed E-state index contributed by atoms with van der Waals surface area (Å²) >= 11 is 0. The number of primary amides is 1. The van der Waals surface area contributed by atoms with Crippen LogP contribution in [0.4, 0.5) is 28.4 Å². The first kappa shape index (κ1) is 43.6. The number of nitrogens with one attached hydrogen (secondary N) is 3. The van der Waals surface area contributed by atoms with Crippen LogP contribution in [0.25, 0.3) is 11.4 Å². The molecule has 21 heteroatoms. The molecule has 0 aliphatic heterocycles. The number of azo groups is 2. The van der Waals surface area contributed by atoms with E-state index >= 15 is 0 Å². The van der Waals surface area contributed by atoms with Gasteiger partial charge in [-0.05, 0) is 61.4 Å². The Hall–Kier alpha value is -7.15. The van der Waals surface area contributed by atoms with Crippen molar-refractivity contribution < 1.29 is 65.4 Å². The molecule has 1 amide bonds. The van der Waals surface area contributed by atoms with E-state index in [-0.39, 0.29) is 51.5 Å². The van der Waals surface area contributed by atoms with Gasteiger partial charge in [0.1, 0.15) is 27.7 Å². The topological polar surface area (TPSA) is 296 Å². The maximum Gasteiger partial charge on any atom is 0.508 e. The number of nitrogens with zero attached hydrogens (tertiary/aromatic N) is 5. The zero-order valence-corrected chi connectivity index (χ0v) is 32.4. The zero-order valence-electron chi connectivity index (χ0n) is 30.4. The van der Waals surface area contributed by atoms with Crippen molar-refractivity contribution in [2.45, 2.75) is 18.7 Å². The molecule has 58 heavy (non-hydrogen) atoms. The Morgan fingerprint density at radius 2 is 1.40 bits per heavy atom. The van der Waals surface area contributed by atoms with Crippen molar-refractivity contribution in [2.24, 2.45) is 15.3 Å². The van der Waals surface area contributed by atoms with Gasteiger partial charge in [0.25, 0.3) is 15.7 Å². The number of hydrogen-bond acceptors (Lipinski definition) is 10. The van der Waals surface area contributed by atoms with Crippen LogP contribution in [0.15, 0.2) is 140 Å². The summed E-state index contributed by atoms with van der Waals surface area (Å²) in [6.45, 7) is 6.73. The number of H-pyrrole nitrogens is 2. The minimum Gasteiger partial charge on any atom is -0.545 e. The predicted octanol–water partition coefficient (Wildman–Crippen LogP) is 2.05. The number of hydrogen-bond donors (Lipinski definition) is 6. The maximum atomic E-state index is 12.8. The Balaban J connectivity index is 0.000000252. The molecule has 296 valence electrons. The molecule has 0 fully saturated rings. The van der Waals surface area contributed by atoms with E-state index in [2.05, 4.69) is 37.2 Å². The van der Waals surface area contributed by atoms with Crippen LogP contribution in [-0.4, -0.2) is 60.3 Å². The van der Waals surface area contributed by atoms with E-state index < -0.39 is 43.8 Å². The number of nitrogens with two attached hydrogens (primary N) is 1. The molecule has 2 heterocycles. The molecule has 19 nitrogen and oxygen atoms in total. The maximum absolute atomic E-state index is 12.8. The minimum atomic E-state index is -4.79. The number of carboxylic acids is 2. The minimum absolute atomic E-state index is 0. The predicted molar refractivity (Wildman–Crippen MR) is 202 cm³/mol. The SMILES string of the molecule is C=CC(=[OH+])[NH2+]c1ccc(-n2[nH]c(C)c([NH+]=Nc3ccccc3C(=O)O)c2=O)cc1.Cc1[nH]n(-c2ccccc2)c(=O)c1N=Nc1c(C(=O)[O-])cccc1S(=O)(=O)O.[Cr]. The van der Waals surface area contributed by atoms with Crippen molar-refractivity contribution >= 4 is 56.4 Å². The summed E-state index contributed by atoms with van der Waals surface area (Å²) in [5.74, 6) is -2.78. The fourth-order valence-electron chi connectivity index (χ4n) is 5.19.